The van der Waals surface area contributed by atoms with Gasteiger partial charge in [-0.2, -0.15) is 0 Å². The molecule has 0 unspecified atom stereocenters. The molecule has 0 bridgehead atoms. The van der Waals surface area contributed by atoms with Crippen LogP contribution in [0.2, 0.25) is 0 Å². The van der Waals surface area contributed by atoms with Crippen LogP contribution in [0, 0.1) is 0 Å². The highest BCUT2D eigenvalue weighted by atomic mass is 35.5. The van der Waals surface area contributed by atoms with E-state index >= 15 is 0 Å². The third kappa shape index (κ3) is 4.33. The highest BCUT2D eigenvalue weighted by Crippen LogP contribution is 1.65. The number of piperazine rings is 1. The Hall–Kier alpha value is 0.170. The molecule has 0 saturated carbocycles. The standard InChI is InChI=1S/C4H10N2.ClH.H2O/c1-2-6-4-3-5-1;;/h5-6H,1-4H2;1H;1H2. The number of halogens is 1. The molecule has 4 heteroatoms. The van der Waals surface area contributed by atoms with Crippen molar-refractivity contribution in [1.29, 1.82) is 0 Å². The molecule has 0 spiro atoms. The summed E-state index contributed by atoms with van der Waals surface area (Å²) in [6.07, 6.45) is 0. The van der Waals surface area contributed by atoms with E-state index in [1.165, 1.54) is 0 Å². The van der Waals surface area contributed by atoms with Crippen LogP contribution in [0.5, 0.6) is 0 Å². The van der Waals surface area contributed by atoms with Gasteiger partial charge in [0.25, 0.3) is 0 Å². The average molecular weight is 141 g/mol. The second kappa shape index (κ2) is 7.17. The first-order valence-corrected chi connectivity index (χ1v) is 2.41. The van der Waals surface area contributed by atoms with E-state index in [9.17, 15) is 0 Å². The van der Waals surface area contributed by atoms with Gasteiger partial charge in [0.15, 0.2) is 0 Å². The highest BCUT2D eigenvalue weighted by Gasteiger charge is 1.91. The first-order chi connectivity index (χ1) is 3.00. The topological polar surface area (TPSA) is 55.6 Å². The van der Waals surface area contributed by atoms with Crippen LogP contribution in [0.15, 0.2) is 0 Å². The minimum Gasteiger partial charge on any atom is -0.412 e. The molecule has 0 atom stereocenters. The second-order valence-electron chi connectivity index (χ2n) is 1.50. The van der Waals surface area contributed by atoms with Crippen molar-refractivity contribution in [3.05, 3.63) is 0 Å². The lowest BCUT2D eigenvalue weighted by molar-refractivity contribution is 0.534. The van der Waals surface area contributed by atoms with Crippen molar-refractivity contribution >= 4 is 12.4 Å². The highest BCUT2D eigenvalue weighted by molar-refractivity contribution is 5.85. The summed E-state index contributed by atoms with van der Waals surface area (Å²) < 4.78 is 0. The van der Waals surface area contributed by atoms with E-state index in [-0.39, 0.29) is 17.9 Å². The first-order valence-electron chi connectivity index (χ1n) is 2.41. The second-order valence-corrected chi connectivity index (χ2v) is 1.50. The Bertz CT molecular complexity index is 29.5. The Balaban J connectivity index is 0. The molecule has 1 fully saturated rings. The van der Waals surface area contributed by atoms with Gasteiger partial charge in [0.1, 0.15) is 0 Å². The monoisotopic (exact) mass is 140 g/mol. The summed E-state index contributed by atoms with van der Waals surface area (Å²) in [6.45, 7) is 4.56. The maximum Gasteiger partial charge on any atom is 0.00772 e. The van der Waals surface area contributed by atoms with Gasteiger partial charge in [-0.3, -0.25) is 0 Å². The summed E-state index contributed by atoms with van der Waals surface area (Å²) in [5.74, 6) is 0. The van der Waals surface area contributed by atoms with E-state index in [2.05, 4.69) is 10.6 Å². The van der Waals surface area contributed by atoms with Crippen LogP contribution >= 0.6 is 12.4 Å². The van der Waals surface area contributed by atoms with E-state index < -0.39 is 0 Å². The van der Waals surface area contributed by atoms with Crippen LogP contribution < -0.4 is 10.6 Å². The van der Waals surface area contributed by atoms with Crippen LogP contribution in [0.3, 0.4) is 0 Å². The van der Waals surface area contributed by atoms with Crippen LogP contribution in [-0.2, 0) is 0 Å². The lowest BCUT2D eigenvalue weighted by atomic mass is 10.4. The fourth-order valence-corrected chi connectivity index (χ4v) is 0.604. The van der Waals surface area contributed by atoms with Gasteiger partial charge in [0.05, 0.1) is 0 Å². The molecule has 0 aromatic rings. The average Bonchev–Trinajstić information content (AvgIpc) is 1.72. The number of hydrogen-bond donors (Lipinski definition) is 2. The van der Waals surface area contributed by atoms with Crippen LogP contribution in [0.1, 0.15) is 0 Å². The van der Waals surface area contributed by atoms with Crippen LogP contribution in [-0.4, -0.2) is 31.7 Å². The third-order valence-electron chi connectivity index (χ3n) is 0.957. The number of hydrogen-bond acceptors (Lipinski definition) is 2. The Morgan fingerprint density at radius 3 is 1.12 bits per heavy atom. The fraction of sp³-hybridized carbons (Fsp3) is 1.00. The van der Waals surface area contributed by atoms with Crippen molar-refractivity contribution < 1.29 is 5.48 Å². The maximum atomic E-state index is 3.22. The van der Waals surface area contributed by atoms with E-state index in [0.717, 1.165) is 26.2 Å². The molecule has 3 nitrogen and oxygen atoms in total. The van der Waals surface area contributed by atoms with Crippen LogP contribution in [0.4, 0.5) is 0 Å². The Kier molecular flexibility index (Phi) is 9.89. The van der Waals surface area contributed by atoms with Gasteiger partial charge in [-0.05, 0) is 0 Å². The SMILES string of the molecule is C1CNCCN1.Cl.O. The molecule has 1 aliphatic rings. The Morgan fingerprint density at radius 1 is 0.750 bits per heavy atom. The summed E-state index contributed by atoms with van der Waals surface area (Å²) in [5.41, 5.74) is 0. The number of rotatable bonds is 0. The van der Waals surface area contributed by atoms with Crippen molar-refractivity contribution in [1.82, 2.24) is 10.6 Å². The molecule has 1 heterocycles. The van der Waals surface area contributed by atoms with Gasteiger partial charge in [-0.1, -0.05) is 0 Å². The largest absolute Gasteiger partial charge is 0.412 e. The first kappa shape index (κ1) is 11.0. The van der Waals surface area contributed by atoms with Gasteiger partial charge in [0, 0.05) is 26.2 Å². The molecule has 0 amide bonds. The molecule has 0 aliphatic carbocycles. The molecule has 0 aromatic carbocycles. The molecule has 8 heavy (non-hydrogen) atoms. The van der Waals surface area contributed by atoms with E-state index in [1.54, 1.807) is 0 Å². The molecule has 1 aliphatic heterocycles. The van der Waals surface area contributed by atoms with E-state index in [4.69, 9.17) is 0 Å². The quantitative estimate of drug-likeness (QED) is 0.443. The minimum atomic E-state index is 0. The predicted octanol–water partition coefficient (Wildman–Crippen LogP) is -1.22. The smallest absolute Gasteiger partial charge is 0.00772 e. The normalized spacial score (nSPS) is 18.0. The van der Waals surface area contributed by atoms with Gasteiger partial charge < -0.3 is 16.1 Å². The summed E-state index contributed by atoms with van der Waals surface area (Å²) in [4.78, 5) is 0. The van der Waals surface area contributed by atoms with Gasteiger partial charge in [0.2, 0.25) is 0 Å². The van der Waals surface area contributed by atoms with Crippen molar-refractivity contribution in [3.8, 4) is 0 Å². The number of nitrogens with one attached hydrogen (secondary N) is 2. The van der Waals surface area contributed by atoms with Gasteiger partial charge >= 0.3 is 0 Å². The van der Waals surface area contributed by atoms with Gasteiger partial charge in [-0.25, -0.2) is 0 Å². The Labute approximate surface area is 55.6 Å². The third-order valence-corrected chi connectivity index (χ3v) is 0.957. The molecule has 4 N–H and O–H groups in total. The zero-order valence-corrected chi connectivity index (χ0v) is 5.55. The van der Waals surface area contributed by atoms with Gasteiger partial charge in [-0.15, -0.1) is 12.4 Å². The van der Waals surface area contributed by atoms with Crippen molar-refractivity contribution in [3.63, 3.8) is 0 Å². The summed E-state index contributed by atoms with van der Waals surface area (Å²) in [5, 5.41) is 6.44. The molecule has 0 aromatic heterocycles. The lowest BCUT2D eigenvalue weighted by Gasteiger charge is -2.11. The zero-order valence-electron chi connectivity index (χ0n) is 4.74. The maximum absolute atomic E-state index is 3.22. The molecule has 1 saturated heterocycles. The minimum absolute atomic E-state index is 0. The zero-order chi connectivity index (χ0) is 4.24. The van der Waals surface area contributed by atoms with Crippen molar-refractivity contribution in [2.24, 2.45) is 0 Å². The molecule has 52 valence electrons. The molecular weight excluding hydrogens is 128 g/mol. The summed E-state index contributed by atoms with van der Waals surface area (Å²) in [7, 11) is 0. The van der Waals surface area contributed by atoms with E-state index in [1.807, 2.05) is 0 Å². The van der Waals surface area contributed by atoms with Crippen molar-refractivity contribution in [2.45, 2.75) is 0 Å². The molecule has 1 rings (SSSR count). The van der Waals surface area contributed by atoms with Crippen molar-refractivity contribution in [2.75, 3.05) is 26.2 Å². The summed E-state index contributed by atoms with van der Waals surface area (Å²) in [6, 6.07) is 0. The summed E-state index contributed by atoms with van der Waals surface area (Å²) >= 11 is 0. The van der Waals surface area contributed by atoms with Crippen LogP contribution in [0.25, 0.3) is 0 Å². The lowest BCUT2D eigenvalue weighted by Crippen LogP contribution is -2.39. The molecule has 0 radical (unpaired) electrons. The van der Waals surface area contributed by atoms with E-state index in [0.29, 0.717) is 0 Å². The molecular formula is C4H13ClN2O. The Morgan fingerprint density at radius 2 is 1.00 bits per heavy atom. The predicted molar refractivity (Wildman–Crippen MR) is 36.6 cm³/mol. The fourth-order valence-electron chi connectivity index (χ4n) is 0.604.